The zero-order valence-electron chi connectivity index (χ0n) is 8.92. The third-order valence-corrected chi connectivity index (χ3v) is 3.49. The highest BCUT2D eigenvalue weighted by Crippen LogP contribution is 2.31. The number of nitrogens with one attached hydrogen (secondary N) is 1. The highest BCUT2D eigenvalue weighted by Gasteiger charge is 2.20. The summed E-state index contributed by atoms with van der Waals surface area (Å²) in [7, 11) is 0. The largest absolute Gasteiger partial charge is 0.380 e. The summed E-state index contributed by atoms with van der Waals surface area (Å²) in [5, 5.41) is 4.49. The Morgan fingerprint density at radius 1 is 1.25 bits per heavy atom. The number of aromatic nitrogens is 1. The van der Waals surface area contributed by atoms with Crippen LogP contribution < -0.4 is 11.1 Å². The normalized spacial score (nSPS) is 25.4. The van der Waals surface area contributed by atoms with Crippen molar-refractivity contribution in [3.63, 3.8) is 0 Å². The fraction of sp³-hybridized carbons (Fsp3) is 0.545. The van der Waals surface area contributed by atoms with Gasteiger partial charge in [0, 0.05) is 24.5 Å². The zero-order valence-corrected chi connectivity index (χ0v) is 10.4. The van der Waals surface area contributed by atoms with E-state index < -0.39 is 0 Å². The lowest BCUT2D eigenvalue weighted by molar-refractivity contribution is 0.409. The van der Waals surface area contributed by atoms with Crippen molar-refractivity contribution in [3.8, 4) is 0 Å². The molecule has 5 heteroatoms. The molecule has 1 fully saturated rings. The Balaban J connectivity index is 2.08. The van der Waals surface area contributed by atoms with Gasteiger partial charge in [0.2, 0.25) is 0 Å². The first-order valence-corrected chi connectivity index (χ1v) is 6.23. The second kappa shape index (κ2) is 5.21. The average molecular weight is 260 g/mol. The van der Waals surface area contributed by atoms with Gasteiger partial charge in [-0.05, 0) is 25.7 Å². The Labute approximate surface area is 105 Å². The number of hydrogen-bond donors (Lipinski definition) is 2. The van der Waals surface area contributed by atoms with Crippen LogP contribution in [0.2, 0.25) is 10.0 Å². The maximum absolute atomic E-state index is 6.04. The SMILES string of the molecule is NC1CCCC(Nc2c(Cl)cncc2Cl)C1. The summed E-state index contributed by atoms with van der Waals surface area (Å²) < 4.78 is 0. The molecule has 1 saturated carbocycles. The molecule has 3 N–H and O–H groups in total. The minimum atomic E-state index is 0.283. The van der Waals surface area contributed by atoms with Crippen LogP contribution in [0, 0.1) is 0 Å². The number of rotatable bonds is 2. The molecular weight excluding hydrogens is 245 g/mol. The van der Waals surface area contributed by atoms with E-state index in [4.69, 9.17) is 28.9 Å². The summed E-state index contributed by atoms with van der Waals surface area (Å²) in [6, 6.07) is 0.645. The van der Waals surface area contributed by atoms with Crippen LogP contribution in [0.4, 0.5) is 5.69 Å². The Hall–Kier alpha value is -0.510. The second-order valence-corrected chi connectivity index (χ2v) is 5.06. The van der Waals surface area contributed by atoms with Crippen LogP contribution >= 0.6 is 23.2 Å². The van der Waals surface area contributed by atoms with E-state index in [2.05, 4.69) is 10.3 Å². The molecule has 3 nitrogen and oxygen atoms in total. The summed E-state index contributed by atoms with van der Waals surface area (Å²) in [6.07, 6.45) is 7.53. The first-order chi connectivity index (χ1) is 7.66. The third-order valence-electron chi connectivity index (χ3n) is 2.92. The molecular formula is C11H15Cl2N3. The summed E-state index contributed by atoms with van der Waals surface area (Å²) >= 11 is 12.1. The number of nitrogens with zero attached hydrogens (tertiary/aromatic N) is 1. The van der Waals surface area contributed by atoms with Gasteiger partial charge in [-0.1, -0.05) is 23.2 Å². The van der Waals surface area contributed by atoms with Crippen LogP contribution in [0.5, 0.6) is 0 Å². The van der Waals surface area contributed by atoms with Crippen molar-refractivity contribution in [1.29, 1.82) is 0 Å². The molecule has 1 aromatic heterocycles. The van der Waals surface area contributed by atoms with Gasteiger partial charge in [0.1, 0.15) is 0 Å². The first-order valence-electron chi connectivity index (χ1n) is 5.48. The van der Waals surface area contributed by atoms with Crippen molar-refractivity contribution >= 4 is 28.9 Å². The molecule has 1 heterocycles. The Bertz CT molecular complexity index is 350. The van der Waals surface area contributed by atoms with Crippen molar-refractivity contribution in [3.05, 3.63) is 22.4 Å². The standard InChI is InChI=1S/C11H15Cl2N3/c12-9-5-15-6-10(13)11(9)16-8-3-1-2-7(14)4-8/h5-8H,1-4,14H2,(H,15,16). The summed E-state index contributed by atoms with van der Waals surface area (Å²) in [6.45, 7) is 0. The molecule has 0 aliphatic heterocycles. The molecule has 2 unspecified atom stereocenters. The lowest BCUT2D eigenvalue weighted by Gasteiger charge is -2.28. The highest BCUT2D eigenvalue weighted by molar-refractivity contribution is 6.38. The van der Waals surface area contributed by atoms with Gasteiger partial charge in [-0.15, -0.1) is 0 Å². The van der Waals surface area contributed by atoms with Gasteiger partial charge in [0.25, 0.3) is 0 Å². The van der Waals surface area contributed by atoms with Crippen LogP contribution in [0.25, 0.3) is 0 Å². The fourth-order valence-electron chi connectivity index (χ4n) is 2.11. The van der Waals surface area contributed by atoms with Gasteiger partial charge in [0.05, 0.1) is 15.7 Å². The van der Waals surface area contributed by atoms with E-state index >= 15 is 0 Å². The number of anilines is 1. The van der Waals surface area contributed by atoms with Gasteiger partial charge in [-0.3, -0.25) is 4.98 Å². The molecule has 0 aromatic carbocycles. The Morgan fingerprint density at radius 3 is 2.56 bits per heavy atom. The van der Waals surface area contributed by atoms with Gasteiger partial charge < -0.3 is 11.1 Å². The van der Waals surface area contributed by atoms with Crippen LogP contribution in [0.3, 0.4) is 0 Å². The molecule has 1 aliphatic rings. The van der Waals surface area contributed by atoms with Crippen molar-refractivity contribution in [2.45, 2.75) is 37.8 Å². The molecule has 0 radical (unpaired) electrons. The highest BCUT2D eigenvalue weighted by atomic mass is 35.5. The van der Waals surface area contributed by atoms with E-state index in [-0.39, 0.29) is 6.04 Å². The molecule has 1 aromatic rings. The van der Waals surface area contributed by atoms with Crippen LogP contribution in [-0.2, 0) is 0 Å². The van der Waals surface area contributed by atoms with E-state index in [0.717, 1.165) is 31.4 Å². The predicted molar refractivity (Wildman–Crippen MR) is 68.1 cm³/mol. The monoisotopic (exact) mass is 259 g/mol. The summed E-state index contributed by atoms with van der Waals surface area (Å²) in [4.78, 5) is 3.92. The molecule has 2 atom stereocenters. The fourth-order valence-corrected chi connectivity index (χ4v) is 2.59. The topological polar surface area (TPSA) is 50.9 Å². The second-order valence-electron chi connectivity index (χ2n) is 4.25. The van der Waals surface area contributed by atoms with Crippen molar-refractivity contribution in [2.24, 2.45) is 5.73 Å². The third kappa shape index (κ3) is 2.78. The average Bonchev–Trinajstić information content (AvgIpc) is 2.24. The van der Waals surface area contributed by atoms with E-state index in [1.807, 2.05) is 0 Å². The minimum Gasteiger partial charge on any atom is -0.380 e. The van der Waals surface area contributed by atoms with Crippen molar-refractivity contribution in [1.82, 2.24) is 4.98 Å². The van der Waals surface area contributed by atoms with Crippen molar-refractivity contribution < 1.29 is 0 Å². The number of nitrogens with two attached hydrogens (primary N) is 1. The van der Waals surface area contributed by atoms with E-state index in [1.54, 1.807) is 12.4 Å². The molecule has 0 bridgehead atoms. The molecule has 1 aliphatic carbocycles. The van der Waals surface area contributed by atoms with Crippen LogP contribution in [-0.4, -0.2) is 17.1 Å². The van der Waals surface area contributed by atoms with Crippen LogP contribution in [0.15, 0.2) is 12.4 Å². The zero-order chi connectivity index (χ0) is 11.5. The lowest BCUT2D eigenvalue weighted by atomic mass is 9.91. The van der Waals surface area contributed by atoms with Crippen LogP contribution in [0.1, 0.15) is 25.7 Å². The number of pyridine rings is 1. The maximum atomic E-state index is 6.04. The quantitative estimate of drug-likeness (QED) is 0.859. The smallest absolute Gasteiger partial charge is 0.0836 e. The van der Waals surface area contributed by atoms with E-state index in [1.165, 1.54) is 0 Å². The maximum Gasteiger partial charge on any atom is 0.0836 e. The summed E-state index contributed by atoms with van der Waals surface area (Å²) in [5.74, 6) is 0. The number of hydrogen-bond acceptors (Lipinski definition) is 3. The molecule has 88 valence electrons. The molecule has 16 heavy (non-hydrogen) atoms. The number of halogens is 2. The molecule has 0 saturated heterocycles. The first kappa shape index (κ1) is 12.0. The lowest BCUT2D eigenvalue weighted by Crippen LogP contribution is -2.35. The van der Waals surface area contributed by atoms with Gasteiger partial charge in [-0.25, -0.2) is 0 Å². The summed E-state index contributed by atoms with van der Waals surface area (Å²) in [5.41, 5.74) is 6.71. The van der Waals surface area contributed by atoms with Gasteiger partial charge >= 0.3 is 0 Å². The van der Waals surface area contributed by atoms with E-state index in [0.29, 0.717) is 16.1 Å². The molecule has 0 amide bonds. The molecule has 0 spiro atoms. The molecule has 2 rings (SSSR count). The van der Waals surface area contributed by atoms with Gasteiger partial charge in [0.15, 0.2) is 0 Å². The predicted octanol–water partition coefficient (Wildman–Crippen LogP) is 3.07. The minimum absolute atomic E-state index is 0.283. The van der Waals surface area contributed by atoms with E-state index in [9.17, 15) is 0 Å². The Kier molecular flexibility index (Phi) is 3.90. The Morgan fingerprint density at radius 2 is 1.94 bits per heavy atom. The van der Waals surface area contributed by atoms with Gasteiger partial charge in [-0.2, -0.15) is 0 Å². The van der Waals surface area contributed by atoms with Crippen molar-refractivity contribution in [2.75, 3.05) is 5.32 Å².